The fourth-order valence-electron chi connectivity index (χ4n) is 3.04. The second kappa shape index (κ2) is 7.69. The lowest BCUT2D eigenvalue weighted by molar-refractivity contribution is -0.130. The molecule has 26 heavy (non-hydrogen) atoms. The van der Waals surface area contributed by atoms with Crippen molar-refractivity contribution in [1.29, 1.82) is 0 Å². The van der Waals surface area contributed by atoms with Crippen LogP contribution in [0.25, 0.3) is 0 Å². The lowest BCUT2D eigenvalue weighted by atomic mass is 9.81. The van der Waals surface area contributed by atoms with Gasteiger partial charge in [-0.1, -0.05) is 6.92 Å². The summed E-state index contributed by atoms with van der Waals surface area (Å²) >= 11 is 0. The highest BCUT2D eigenvalue weighted by molar-refractivity contribution is 7.90. The molecule has 1 aliphatic rings. The molecule has 2 rings (SSSR count). The molecule has 1 atom stereocenters. The van der Waals surface area contributed by atoms with Crippen LogP contribution in [0.1, 0.15) is 43.5 Å². The van der Waals surface area contributed by atoms with Crippen LogP contribution < -0.4 is 4.72 Å². The fraction of sp³-hybridized carbons (Fsp3) is 0.529. The number of hydrogen-bond donors (Lipinski definition) is 1. The second-order valence-corrected chi connectivity index (χ2v) is 8.64. The molecular formula is C17H22F2N2O4S. The summed E-state index contributed by atoms with van der Waals surface area (Å²) in [4.78, 5) is 26.3. The molecule has 2 amide bonds. The third-order valence-electron chi connectivity index (χ3n) is 4.36. The predicted molar refractivity (Wildman–Crippen MR) is 91.8 cm³/mol. The zero-order valence-corrected chi connectivity index (χ0v) is 15.5. The molecule has 0 bridgehead atoms. The van der Waals surface area contributed by atoms with E-state index in [-0.39, 0.29) is 17.9 Å². The SMILES string of the molecule is CCCS(=O)(=O)NC(=O)C1(C)CCCN(C(=O)c2cc(F)cc(F)c2)C1. The molecule has 1 unspecified atom stereocenters. The summed E-state index contributed by atoms with van der Waals surface area (Å²) in [5.41, 5.74) is -1.24. The minimum absolute atomic E-state index is 0.0303. The Morgan fingerprint density at radius 3 is 2.42 bits per heavy atom. The van der Waals surface area contributed by atoms with Gasteiger partial charge in [0.1, 0.15) is 11.6 Å². The average molecular weight is 388 g/mol. The summed E-state index contributed by atoms with van der Waals surface area (Å²) in [5, 5.41) is 0. The summed E-state index contributed by atoms with van der Waals surface area (Å²) in [6, 6.07) is 2.54. The molecule has 1 aliphatic heterocycles. The summed E-state index contributed by atoms with van der Waals surface area (Å²) in [6.07, 6.45) is 1.25. The number of hydrogen-bond acceptors (Lipinski definition) is 4. The van der Waals surface area contributed by atoms with Gasteiger partial charge in [-0.3, -0.25) is 14.3 Å². The largest absolute Gasteiger partial charge is 0.338 e. The van der Waals surface area contributed by atoms with Gasteiger partial charge in [-0.2, -0.15) is 0 Å². The number of carbonyl (C=O) groups excluding carboxylic acids is 2. The second-order valence-electron chi connectivity index (χ2n) is 6.80. The first-order valence-electron chi connectivity index (χ1n) is 8.36. The molecule has 9 heteroatoms. The number of piperidine rings is 1. The van der Waals surface area contributed by atoms with Gasteiger partial charge < -0.3 is 4.90 Å². The lowest BCUT2D eigenvalue weighted by Crippen LogP contribution is -2.53. The van der Waals surface area contributed by atoms with Crippen molar-refractivity contribution in [1.82, 2.24) is 9.62 Å². The van der Waals surface area contributed by atoms with Gasteiger partial charge in [0.15, 0.2) is 0 Å². The maximum Gasteiger partial charge on any atom is 0.254 e. The van der Waals surface area contributed by atoms with Crippen LogP contribution in [-0.2, 0) is 14.8 Å². The highest BCUT2D eigenvalue weighted by Gasteiger charge is 2.41. The molecule has 1 heterocycles. The molecule has 0 spiro atoms. The van der Waals surface area contributed by atoms with Crippen molar-refractivity contribution < 1.29 is 26.8 Å². The van der Waals surface area contributed by atoms with Crippen LogP contribution in [0.5, 0.6) is 0 Å². The summed E-state index contributed by atoms with van der Waals surface area (Å²) < 4.78 is 52.4. The van der Waals surface area contributed by atoms with Gasteiger partial charge in [0, 0.05) is 24.7 Å². The van der Waals surface area contributed by atoms with Crippen LogP contribution >= 0.6 is 0 Å². The van der Waals surface area contributed by atoms with E-state index in [2.05, 4.69) is 4.72 Å². The summed E-state index contributed by atoms with van der Waals surface area (Å²) in [6.45, 7) is 3.55. The molecule has 0 radical (unpaired) electrons. The average Bonchev–Trinajstić information content (AvgIpc) is 2.52. The minimum Gasteiger partial charge on any atom is -0.338 e. The predicted octanol–water partition coefficient (Wildman–Crippen LogP) is 2.06. The van der Waals surface area contributed by atoms with E-state index in [9.17, 15) is 26.8 Å². The van der Waals surface area contributed by atoms with E-state index in [1.807, 2.05) is 0 Å². The molecule has 144 valence electrons. The summed E-state index contributed by atoms with van der Waals surface area (Å²) in [5.74, 6) is -3.17. The van der Waals surface area contributed by atoms with Crippen molar-refractivity contribution in [3.05, 3.63) is 35.4 Å². The molecule has 1 saturated heterocycles. The highest BCUT2D eigenvalue weighted by atomic mass is 32.2. The van der Waals surface area contributed by atoms with Crippen molar-refractivity contribution >= 4 is 21.8 Å². The van der Waals surface area contributed by atoms with E-state index < -0.39 is 38.9 Å². The van der Waals surface area contributed by atoms with Gasteiger partial charge in [-0.25, -0.2) is 17.2 Å². The molecule has 1 fully saturated rings. The van der Waals surface area contributed by atoms with Gasteiger partial charge in [0.05, 0.1) is 11.2 Å². The maximum atomic E-state index is 13.4. The van der Waals surface area contributed by atoms with Gasteiger partial charge in [-0.15, -0.1) is 0 Å². The zero-order valence-electron chi connectivity index (χ0n) is 14.7. The van der Waals surface area contributed by atoms with E-state index in [1.165, 1.54) is 4.90 Å². The minimum atomic E-state index is -3.72. The first-order valence-corrected chi connectivity index (χ1v) is 10.0. The van der Waals surface area contributed by atoms with Crippen LogP contribution in [0.3, 0.4) is 0 Å². The first-order chi connectivity index (χ1) is 12.1. The number of sulfonamides is 1. The van der Waals surface area contributed by atoms with E-state index in [0.717, 1.165) is 12.1 Å². The molecule has 1 aromatic carbocycles. The number of likely N-dealkylation sites (tertiary alicyclic amines) is 1. The van der Waals surface area contributed by atoms with Crippen LogP contribution in [0, 0.1) is 17.0 Å². The van der Waals surface area contributed by atoms with E-state index in [0.29, 0.717) is 31.9 Å². The van der Waals surface area contributed by atoms with E-state index in [4.69, 9.17) is 0 Å². The Kier molecular flexibility index (Phi) is 6.00. The third kappa shape index (κ3) is 4.78. The number of halogens is 2. The van der Waals surface area contributed by atoms with E-state index in [1.54, 1.807) is 13.8 Å². The monoisotopic (exact) mass is 388 g/mol. The van der Waals surface area contributed by atoms with Crippen molar-refractivity contribution in [2.75, 3.05) is 18.8 Å². The van der Waals surface area contributed by atoms with Crippen LogP contribution in [0.2, 0.25) is 0 Å². The lowest BCUT2D eigenvalue weighted by Gasteiger charge is -2.39. The number of amides is 2. The summed E-state index contributed by atoms with van der Waals surface area (Å²) in [7, 11) is -3.72. The quantitative estimate of drug-likeness (QED) is 0.837. The normalized spacial score (nSPS) is 20.7. The van der Waals surface area contributed by atoms with Crippen molar-refractivity contribution in [3.8, 4) is 0 Å². The smallest absolute Gasteiger partial charge is 0.254 e. The topological polar surface area (TPSA) is 83.6 Å². The highest BCUT2D eigenvalue weighted by Crippen LogP contribution is 2.31. The molecule has 6 nitrogen and oxygen atoms in total. The Hall–Kier alpha value is -2.03. The Labute approximate surface area is 151 Å². The number of carbonyl (C=O) groups is 2. The first kappa shape index (κ1) is 20.3. The van der Waals surface area contributed by atoms with Gasteiger partial charge in [-0.05, 0) is 38.3 Å². The Morgan fingerprint density at radius 2 is 1.85 bits per heavy atom. The number of nitrogens with one attached hydrogen (secondary N) is 1. The van der Waals surface area contributed by atoms with Crippen molar-refractivity contribution in [2.24, 2.45) is 5.41 Å². The number of benzene rings is 1. The number of rotatable bonds is 5. The van der Waals surface area contributed by atoms with Crippen molar-refractivity contribution in [2.45, 2.75) is 33.1 Å². The van der Waals surface area contributed by atoms with Gasteiger partial charge in [0.2, 0.25) is 15.9 Å². The molecule has 1 aromatic rings. The number of nitrogens with zero attached hydrogens (tertiary/aromatic N) is 1. The standard InChI is InChI=1S/C17H22F2N2O4S/c1-3-7-26(24,25)20-16(23)17(2)5-4-6-21(11-17)15(22)12-8-13(18)10-14(19)9-12/h8-10H,3-7,11H2,1-2H3,(H,20,23). The Balaban J connectivity index is 2.16. The van der Waals surface area contributed by atoms with E-state index >= 15 is 0 Å². The van der Waals surface area contributed by atoms with Gasteiger partial charge >= 0.3 is 0 Å². The third-order valence-corrected chi connectivity index (χ3v) is 5.80. The maximum absolute atomic E-state index is 13.4. The van der Waals surface area contributed by atoms with Crippen LogP contribution in [0.4, 0.5) is 8.78 Å². The van der Waals surface area contributed by atoms with Crippen LogP contribution in [-0.4, -0.2) is 44.0 Å². The zero-order chi connectivity index (χ0) is 19.5. The molecule has 0 saturated carbocycles. The molecule has 1 N–H and O–H groups in total. The molecular weight excluding hydrogens is 366 g/mol. The molecule has 0 aromatic heterocycles. The Morgan fingerprint density at radius 1 is 1.23 bits per heavy atom. The fourth-order valence-corrected chi connectivity index (χ4v) is 4.21. The van der Waals surface area contributed by atoms with Crippen molar-refractivity contribution in [3.63, 3.8) is 0 Å². The Bertz CT molecular complexity index is 793. The molecule has 0 aliphatic carbocycles. The van der Waals surface area contributed by atoms with Crippen LogP contribution in [0.15, 0.2) is 18.2 Å². The van der Waals surface area contributed by atoms with Gasteiger partial charge in [0.25, 0.3) is 5.91 Å².